The molecule has 1 saturated heterocycles. The van der Waals surface area contributed by atoms with Crippen molar-refractivity contribution in [1.82, 2.24) is 15.1 Å². The molecule has 0 unspecified atom stereocenters. The van der Waals surface area contributed by atoms with Gasteiger partial charge in [0.15, 0.2) is 5.11 Å². The number of halogens is 1. The zero-order valence-electron chi connectivity index (χ0n) is 14.3. The Hall–Kier alpha value is -1.04. The number of anilines is 1. The lowest BCUT2D eigenvalue weighted by atomic mass is 10.1. The second kappa shape index (κ2) is 8.71. The fraction of sp³-hybridized carbons (Fsp3) is 0.588. The molecule has 0 radical (unpaired) electrons. The van der Waals surface area contributed by atoms with E-state index in [9.17, 15) is 0 Å². The second-order valence-corrected chi connectivity index (χ2v) is 7.12. The highest BCUT2D eigenvalue weighted by atomic mass is 35.5. The minimum atomic E-state index is 0.797. The molecule has 1 aliphatic rings. The third-order valence-corrected chi connectivity index (χ3v) is 4.77. The van der Waals surface area contributed by atoms with Crippen LogP contribution in [0.5, 0.6) is 0 Å². The number of hydrogen-bond acceptors (Lipinski definition) is 3. The summed E-state index contributed by atoms with van der Waals surface area (Å²) in [5.41, 5.74) is 2.51. The van der Waals surface area contributed by atoms with E-state index in [0.717, 1.165) is 55.8 Å². The Bertz CT molecular complexity index is 527. The molecule has 6 heteroatoms. The summed E-state index contributed by atoms with van der Waals surface area (Å²) in [5, 5.41) is 5.05. The molecule has 2 rings (SSSR count). The topological polar surface area (TPSA) is 21.8 Å². The maximum absolute atomic E-state index is 6.14. The van der Waals surface area contributed by atoms with Gasteiger partial charge in [-0.2, -0.15) is 0 Å². The molecule has 1 heterocycles. The van der Waals surface area contributed by atoms with Crippen LogP contribution in [-0.2, 0) is 0 Å². The SMILES string of the molecule is Cc1ccc(Cl)cc1N1CCN(C(=S)NCCCN(C)C)CC1. The van der Waals surface area contributed by atoms with Gasteiger partial charge in [-0.1, -0.05) is 17.7 Å². The minimum Gasteiger partial charge on any atom is -0.368 e. The average molecular weight is 355 g/mol. The van der Waals surface area contributed by atoms with E-state index in [2.05, 4.69) is 53.2 Å². The van der Waals surface area contributed by atoms with Crippen molar-refractivity contribution in [2.45, 2.75) is 13.3 Å². The summed E-state index contributed by atoms with van der Waals surface area (Å²) in [5.74, 6) is 0. The summed E-state index contributed by atoms with van der Waals surface area (Å²) in [6.45, 7) is 8.00. The molecule has 4 nitrogen and oxygen atoms in total. The molecule has 1 aromatic rings. The number of hydrogen-bond donors (Lipinski definition) is 1. The third kappa shape index (κ3) is 5.52. The molecule has 0 aliphatic carbocycles. The van der Waals surface area contributed by atoms with E-state index in [0.29, 0.717) is 0 Å². The quantitative estimate of drug-likeness (QED) is 0.646. The van der Waals surface area contributed by atoms with Crippen LogP contribution in [0.25, 0.3) is 0 Å². The molecule has 0 amide bonds. The van der Waals surface area contributed by atoms with Crippen LogP contribution in [0.4, 0.5) is 5.69 Å². The molecule has 1 aromatic carbocycles. The van der Waals surface area contributed by atoms with Gasteiger partial charge in [-0.25, -0.2) is 0 Å². The first-order valence-electron chi connectivity index (χ1n) is 8.16. The lowest BCUT2D eigenvalue weighted by molar-refractivity contribution is 0.373. The molecule has 1 N–H and O–H groups in total. The van der Waals surface area contributed by atoms with Crippen LogP contribution in [0, 0.1) is 6.92 Å². The molecule has 23 heavy (non-hydrogen) atoms. The van der Waals surface area contributed by atoms with E-state index in [4.69, 9.17) is 23.8 Å². The molecule has 1 fully saturated rings. The van der Waals surface area contributed by atoms with Crippen LogP contribution in [-0.4, -0.2) is 68.3 Å². The first-order chi connectivity index (χ1) is 11.0. The number of piperazine rings is 1. The molecule has 128 valence electrons. The third-order valence-electron chi connectivity index (χ3n) is 4.14. The Balaban J connectivity index is 1.79. The Kier molecular flexibility index (Phi) is 6.93. The largest absolute Gasteiger partial charge is 0.368 e. The van der Waals surface area contributed by atoms with Gasteiger partial charge >= 0.3 is 0 Å². The molecule has 1 aliphatic heterocycles. The molecule has 0 bridgehead atoms. The lowest BCUT2D eigenvalue weighted by Crippen LogP contribution is -2.52. The van der Waals surface area contributed by atoms with Crippen molar-refractivity contribution in [2.75, 3.05) is 58.3 Å². The first kappa shape index (κ1) is 18.3. The smallest absolute Gasteiger partial charge is 0.169 e. The van der Waals surface area contributed by atoms with E-state index in [1.54, 1.807) is 0 Å². The fourth-order valence-electron chi connectivity index (χ4n) is 2.78. The van der Waals surface area contributed by atoms with Gasteiger partial charge in [-0.15, -0.1) is 0 Å². The normalized spacial score (nSPS) is 15.2. The van der Waals surface area contributed by atoms with Gasteiger partial charge in [0.2, 0.25) is 0 Å². The van der Waals surface area contributed by atoms with Gasteiger partial charge in [-0.05, 0) is 63.9 Å². The highest BCUT2D eigenvalue weighted by molar-refractivity contribution is 7.80. The van der Waals surface area contributed by atoms with Crippen LogP contribution in [0.15, 0.2) is 18.2 Å². The Morgan fingerprint density at radius 2 is 1.96 bits per heavy atom. The standard InChI is InChI=1S/C17H27ClN4S/c1-14-5-6-15(18)13-16(14)21-9-11-22(12-10-21)17(23)19-7-4-8-20(2)3/h5-6,13H,4,7-12H2,1-3H3,(H,19,23). The van der Waals surface area contributed by atoms with Crippen molar-refractivity contribution in [1.29, 1.82) is 0 Å². The van der Waals surface area contributed by atoms with Crippen LogP contribution >= 0.6 is 23.8 Å². The molecule has 0 saturated carbocycles. The Labute approximate surface area is 150 Å². The fourth-order valence-corrected chi connectivity index (χ4v) is 3.23. The lowest BCUT2D eigenvalue weighted by Gasteiger charge is -2.38. The summed E-state index contributed by atoms with van der Waals surface area (Å²) in [4.78, 5) is 6.85. The van der Waals surface area contributed by atoms with Crippen molar-refractivity contribution < 1.29 is 0 Å². The van der Waals surface area contributed by atoms with Gasteiger partial charge in [0.25, 0.3) is 0 Å². The minimum absolute atomic E-state index is 0.797. The van der Waals surface area contributed by atoms with Crippen LogP contribution < -0.4 is 10.2 Å². The number of benzene rings is 1. The predicted octanol–water partition coefficient (Wildman–Crippen LogP) is 2.60. The molecular formula is C17H27ClN4S. The average Bonchev–Trinajstić information content (AvgIpc) is 2.53. The molecule has 0 aromatic heterocycles. The highest BCUT2D eigenvalue weighted by Crippen LogP contribution is 2.25. The maximum Gasteiger partial charge on any atom is 0.169 e. The summed E-state index contributed by atoms with van der Waals surface area (Å²) < 4.78 is 0. The van der Waals surface area contributed by atoms with Crippen LogP contribution in [0.1, 0.15) is 12.0 Å². The number of aryl methyl sites for hydroxylation is 1. The van der Waals surface area contributed by atoms with Gasteiger partial charge in [0, 0.05) is 43.4 Å². The predicted molar refractivity (Wildman–Crippen MR) is 104 cm³/mol. The summed E-state index contributed by atoms with van der Waals surface area (Å²) in [6.07, 6.45) is 1.11. The number of thiocarbonyl (C=S) groups is 1. The van der Waals surface area contributed by atoms with Gasteiger partial charge in [0.1, 0.15) is 0 Å². The summed E-state index contributed by atoms with van der Waals surface area (Å²) in [7, 11) is 4.19. The van der Waals surface area contributed by atoms with E-state index in [-0.39, 0.29) is 0 Å². The van der Waals surface area contributed by atoms with Gasteiger partial charge in [0.05, 0.1) is 0 Å². The van der Waals surface area contributed by atoms with Gasteiger partial charge < -0.3 is 20.0 Å². The van der Waals surface area contributed by atoms with Crippen molar-refractivity contribution in [3.05, 3.63) is 28.8 Å². The Morgan fingerprint density at radius 3 is 2.61 bits per heavy atom. The molecule has 0 spiro atoms. The van der Waals surface area contributed by atoms with E-state index in [1.807, 2.05) is 6.07 Å². The second-order valence-electron chi connectivity index (χ2n) is 6.29. The zero-order valence-corrected chi connectivity index (χ0v) is 15.9. The summed E-state index contributed by atoms with van der Waals surface area (Å²) >= 11 is 11.7. The highest BCUT2D eigenvalue weighted by Gasteiger charge is 2.20. The molecular weight excluding hydrogens is 328 g/mol. The van der Waals surface area contributed by atoms with Crippen molar-refractivity contribution in [2.24, 2.45) is 0 Å². The number of rotatable bonds is 5. The Morgan fingerprint density at radius 1 is 1.26 bits per heavy atom. The van der Waals surface area contributed by atoms with Crippen molar-refractivity contribution in [3.8, 4) is 0 Å². The van der Waals surface area contributed by atoms with E-state index in [1.165, 1.54) is 11.3 Å². The monoisotopic (exact) mass is 354 g/mol. The molecule has 0 atom stereocenters. The number of nitrogens with zero attached hydrogens (tertiary/aromatic N) is 3. The van der Waals surface area contributed by atoms with Gasteiger partial charge in [-0.3, -0.25) is 0 Å². The van der Waals surface area contributed by atoms with E-state index < -0.39 is 0 Å². The first-order valence-corrected chi connectivity index (χ1v) is 8.94. The maximum atomic E-state index is 6.14. The van der Waals surface area contributed by atoms with Crippen molar-refractivity contribution in [3.63, 3.8) is 0 Å². The van der Waals surface area contributed by atoms with Crippen molar-refractivity contribution >= 4 is 34.6 Å². The number of nitrogens with one attached hydrogen (secondary N) is 1. The van der Waals surface area contributed by atoms with Crippen LogP contribution in [0.2, 0.25) is 5.02 Å². The van der Waals surface area contributed by atoms with Crippen LogP contribution in [0.3, 0.4) is 0 Å². The summed E-state index contributed by atoms with van der Waals surface area (Å²) in [6, 6.07) is 6.09. The zero-order chi connectivity index (χ0) is 16.8. The van der Waals surface area contributed by atoms with E-state index >= 15 is 0 Å².